The van der Waals surface area contributed by atoms with E-state index in [1.807, 2.05) is 31.2 Å². The van der Waals surface area contributed by atoms with E-state index in [4.69, 9.17) is 9.47 Å². The van der Waals surface area contributed by atoms with Crippen LogP contribution in [0.1, 0.15) is 26.3 Å². The first-order valence-electron chi connectivity index (χ1n) is 9.24. The molecule has 2 amide bonds. The van der Waals surface area contributed by atoms with E-state index in [-0.39, 0.29) is 17.9 Å². The van der Waals surface area contributed by atoms with Crippen molar-refractivity contribution in [1.82, 2.24) is 0 Å². The Balaban J connectivity index is 1.82. The van der Waals surface area contributed by atoms with Gasteiger partial charge < -0.3 is 19.7 Å². The zero-order valence-electron chi connectivity index (χ0n) is 16.9. The average Bonchev–Trinajstić information content (AvgIpc) is 3.02. The molecule has 6 heteroatoms. The van der Waals surface area contributed by atoms with Crippen LogP contribution in [0.3, 0.4) is 0 Å². The molecule has 1 atom stereocenters. The summed E-state index contributed by atoms with van der Waals surface area (Å²) in [5.41, 5.74) is 1.31. The fourth-order valence-corrected chi connectivity index (χ4v) is 3.47. The van der Waals surface area contributed by atoms with Crippen molar-refractivity contribution < 1.29 is 19.1 Å². The van der Waals surface area contributed by atoms with Crippen LogP contribution in [0.25, 0.3) is 0 Å². The highest BCUT2D eigenvalue weighted by Gasteiger charge is 2.43. The highest BCUT2D eigenvalue weighted by Crippen LogP contribution is 2.36. The maximum atomic E-state index is 13.3. The van der Waals surface area contributed by atoms with Gasteiger partial charge in [-0.2, -0.15) is 0 Å². The van der Waals surface area contributed by atoms with Crippen LogP contribution >= 0.6 is 0 Å². The highest BCUT2D eigenvalue weighted by molar-refractivity contribution is 6.15. The van der Waals surface area contributed by atoms with Crippen LogP contribution in [0.15, 0.2) is 42.5 Å². The van der Waals surface area contributed by atoms with Crippen LogP contribution in [0.4, 0.5) is 11.4 Å². The molecular weight excluding hydrogens is 356 g/mol. The average molecular weight is 382 g/mol. The Bertz CT molecular complexity index is 907. The second kappa shape index (κ2) is 7.54. The number of ether oxygens (including phenoxy) is 2. The van der Waals surface area contributed by atoms with E-state index in [0.29, 0.717) is 17.2 Å². The molecule has 28 heavy (non-hydrogen) atoms. The van der Waals surface area contributed by atoms with Crippen molar-refractivity contribution >= 4 is 23.2 Å². The van der Waals surface area contributed by atoms with Crippen molar-refractivity contribution in [2.24, 2.45) is 5.41 Å². The maximum Gasteiger partial charge on any atom is 0.242 e. The van der Waals surface area contributed by atoms with E-state index in [9.17, 15) is 9.59 Å². The van der Waals surface area contributed by atoms with Gasteiger partial charge in [-0.1, -0.05) is 18.2 Å². The third-order valence-electron chi connectivity index (χ3n) is 5.17. The SMILES string of the molecule is COc1ccc(NC(=O)C(C)(C)C(=O)N2c3ccccc3CC2C)cc1OC. The van der Waals surface area contributed by atoms with Gasteiger partial charge in [0.1, 0.15) is 5.41 Å². The Morgan fingerprint density at radius 2 is 1.75 bits per heavy atom. The number of methoxy groups -OCH3 is 2. The van der Waals surface area contributed by atoms with Gasteiger partial charge in [-0.15, -0.1) is 0 Å². The number of amides is 2. The van der Waals surface area contributed by atoms with Gasteiger partial charge in [0.25, 0.3) is 0 Å². The molecule has 1 aliphatic rings. The van der Waals surface area contributed by atoms with E-state index in [2.05, 4.69) is 5.32 Å². The van der Waals surface area contributed by atoms with Crippen molar-refractivity contribution in [2.75, 3.05) is 24.4 Å². The van der Waals surface area contributed by atoms with E-state index in [1.165, 1.54) is 7.11 Å². The van der Waals surface area contributed by atoms with Gasteiger partial charge in [-0.25, -0.2) is 0 Å². The van der Waals surface area contributed by atoms with Crippen molar-refractivity contribution in [1.29, 1.82) is 0 Å². The van der Waals surface area contributed by atoms with Gasteiger partial charge in [-0.3, -0.25) is 9.59 Å². The van der Waals surface area contributed by atoms with Gasteiger partial charge >= 0.3 is 0 Å². The fraction of sp³-hybridized carbons (Fsp3) is 0.364. The standard InChI is InChI=1S/C22H26N2O4/c1-14-12-15-8-6-7-9-17(15)24(14)21(26)22(2,3)20(25)23-16-10-11-18(27-4)19(13-16)28-5/h6-11,13-14H,12H2,1-5H3,(H,23,25). The predicted molar refractivity (Wildman–Crippen MR) is 109 cm³/mol. The Hall–Kier alpha value is -3.02. The van der Waals surface area contributed by atoms with Gasteiger partial charge in [-0.05, 0) is 51.0 Å². The number of carbonyl (C=O) groups is 2. The number of fused-ring (bicyclic) bond motifs is 1. The molecule has 0 spiro atoms. The molecule has 0 fully saturated rings. The van der Waals surface area contributed by atoms with Crippen LogP contribution in [0.2, 0.25) is 0 Å². The second-order valence-electron chi connectivity index (χ2n) is 7.51. The third-order valence-corrected chi connectivity index (χ3v) is 5.17. The molecule has 2 aromatic rings. The number of rotatable bonds is 5. The zero-order chi connectivity index (χ0) is 20.5. The molecule has 1 heterocycles. The predicted octanol–water partition coefficient (Wildman–Crippen LogP) is 3.65. The summed E-state index contributed by atoms with van der Waals surface area (Å²) in [5.74, 6) is 0.481. The second-order valence-corrected chi connectivity index (χ2v) is 7.51. The first-order chi connectivity index (χ1) is 13.3. The van der Waals surface area contributed by atoms with Crippen LogP contribution in [-0.2, 0) is 16.0 Å². The number of nitrogens with zero attached hydrogens (tertiary/aromatic N) is 1. The molecule has 1 aliphatic heterocycles. The number of anilines is 2. The molecule has 2 aromatic carbocycles. The molecule has 0 bridgehead atoms. The Kier molecular flexibility index (Phi) is 5.31. The van der Waals surface area contributed by atoms with E-state index >= 15 is 0 Å². The van der Waals surface area contributed by atoms with Crippen LogP contribution in [0.5, 0.6) is 11.5 Å². The molecule has 3 rings (SSSR count). The van der Waals surface area contributed by atoms with E-state index < -0.39 is 5.41 Å². The minimum absolute atomic E-state index is 0.0121. The lowest BCUT2D eigenvalue weighted by Gasteiger charge is -2.31. The number of nitrogens with one attached hydrogen (secondary N) is 1. The molecule has 0 saturated carbocycles. The maximum absolute atomic E-state index is 13.3. The first-order valence-corrected chi connectivity index (χ1v) is 9.24. The zero-order valence-corrected chi connectivity index (χ0v) is 16.9. The monoisotopic (exact) mass is 382 g/mol. The smallest absolute Gasteiger partial charge is 0.242 e. The Morgan fingerprint density at radius 1 is 1.07 bits per heavy atom. The number of carbonyl (C=O) groups excluding carboxylic acids is 2. The molecule has 0 aromatic heterocycles. The summed E-state index contributed by atoms with van der Waals surface area (Å²) < 4.78 is 10.5. The number of hydrogen-bond acceptors (Lipinski definition) is 4. The van der Waals surface area contributed by atoms with Gasteiger partial charge in [0.05, 0.1) is 14.2 Å². The summed E-state index contributed by atoms with van der Waals surface area (Å²) in [4.78, 5) is 28.0. The number of benzene rings is 2. The fourth-order valence-electron chi connectivity index (χ4n) is 3.47. The highest BCUT2D eigenvalue weighted by atomic mass is 16.5. The summed E-state index contributed by atoms with van der Waals surface area (Å²) in [5, 5.41) is 2.83. The van der Waals surface area contributed by atoms with Crippen LogP contribution < -0.4 is 19.7 Å². The van der Waals surface area contributed by atoms with Crippen LogP contribution in [0, 0.1) is 5.41 Å². The molecule has 0 saturated heterocycles. The van der Waals surface area contributed by atoms with Crippen molar-refractivity contribution in [3.63, 3.8) is 0 Å². The minimum Gasteiger partial charge on any atom is -0.493 e. The molecule has 0 radical (unpaired) electrons. The van der Waals surface area contributed by atoms with Gasteiger partial charge in [0.2, 0.25) is 11.8 Å². The molecule has 6 nitrogen and oxygen atoms in total. The Morgan fingerprint density at radius 3 is 2.43 bits per heavy atom. The molecule has 148 valence electrons. The molecular formula is C22H26N2O4. The lowest BCUT2D eigenvalue weighted by Crippen LogP contribution is -2.49. The van der Waals surface area contributed by atoms with Crippen molar-refractivity contribution in [3.8, 4) is 11.5 Å². The van der Waals surface area contributed by atoms with Crippen molar-refractivity contribution in [2.45, 2.75) is 33.2 Å². The number of hydrogen-bond donors (Lipinski definition) is 1. The normalized spacial score (nSPS) is 15.8. The number of para-hydroxylation sites is 1. The molecule has 0 aliphatic carbocycles. The summed E-state index contributed by atoms with van der Waals surface area (Å²) in [6.07, 6.45) is 0.787. The third kappa shape index (κ3) is 3.42. The van der Waals surface area contributed by atoms with E-state index in [0.717, 1.165) is 17.7 Å². The topological polar surface area (TPSA) is 67.9 Å². The molecule has 1 N–H and O–H groups in total. The lowest BCUT2D eigenvalue weighted by molar-refractivity contribution is -0.136. The largest absolute Gasteiger partial charge is 0.493 e. The first kappa shape index (κ1) is 19.7. The van der Waals surface area contributed by atoms with Crippen molar-refractivity contribution in [3.05, 3.63) is 48.0 Å². The van der Waals surface area contributed by atoms with E-state index in [1.54, 1.807) is 44.1 Å². The summed E-state index contributed by atoms with van der Waals surface area (Å²) >= 11 is 0. The lowest BCUT2D eigenvalue weighted by atomic mass is 9.89. The summed E-state index contributed by atoms with van der Waals surface area (Å²) in [7, 11) is 3.08. The summed E-state index contributed by atoms with van der Waals surface area (Å²) in [6.45, 7) is 5.30. The minimum atomic E-state index is -1.24. The van der Waals surface area contributed by atoms with Gasteiger partial charge in [0, 0.05) is 23.5 Å². The Labute approximate surface area is 165 Å². The summed E-state index contributed by atoms with van der Waals surface area (Å²) in [6, 6.07) is 12.9. The van der Waals surface area contributed by atoms with Gasteiger partial charge in [0.15, 0.2) is 11.5 Å². The van der Waals surface area contributed by atoms with Crippen LogP contribution in [-0.4, -0.2) is 32.1 Å². The molecule has 1 unspecified atom stereocenters. The quantitative estimate of drug-likeness (QED) is 0.802.